The summed E-state index contributed by atoms with van der Waals surface area (Å²) in [7, 11) is 0. The molecule has 1 unspecified atom stereocenters. The number of alkyl halides is 4. The monoisotopic (exact) mass is 853 g/mol. The molecule has 3 fully saturated rings. The minimum absolute atomic E-state index is 0.00379. The Morgan fingerprint density at radius 1 is 0.968 bits per heavy atom. The molecular weight excluding hydrogens is 807 g/mol. The molecule has 4 N–H and O–H groups in total. The lowest BCUT2D eigenvalue weighted by Crippen LogP contribution is -2.25. The van der Waals surface area contributed by atoms with Crippen molar-refractivity contribution in [1.29, 1.82) is 0 Å². The van der Waals surface area contributed by atoms with Crippen molar-refractivity contribution in [2.24, 2.45) is 10.8 Å². The fourth-order valence-electron chi connectivity index (χ4n) is 9.91. The van der Waals surface area contributed by atoms with Gasteiger partial charge in [-0.2, -0.15) is 8.78 Å². The third kappa shape index (κ3) is 8.06. The van der Waals surface area contributed by atoms with E-state index in [-0.39, 0.29) is 40.7 Å². The molecule has 0 amide bonds. The molecule has 2 aliphatic carbocycles. The van der Waals surface area contributed by atoms with E-state index in [9.17, 15) is 32.6 Å². The molecule has 3 aromatic carbocycles. The van der Waals surface area contributed by atoms with Crippen LogP contribution in [0.25, 0.3) is 44.7 Å². The van der Waals surface area contributed by atoms with Gasteiger partial charge in [-0.1, -0.05) is 24.3 Å². The molecule has 0 spiro atoms. The zero-order chi connectivity index (χ0) is 43.3. The fourth-order valence-corrected chi connectivity index (χ4v) is 9.91. The van der Waals surface area contributed by atoms with Crippen molar-refractivity contribution < 1.29 is 41.7 Å². The highest BCUT2D eigenvalue weighted by atomic mass is 19.3. The van der Waals surface area contributed by atoms with Crippen LogP contribution in [-0.2, 0) is 17.9 Å². The van der Waals surface area contributed by atoms with Crippen molar-refractivity contribution in [2.75, 3.05) is 25.0 Å². The van der Waals surface area contributed by atoms with Gasteiger partial charge in [0.1, 0.15) is 16.8 Å². The van der Waals surface area contributed by atoms with E-state index in [2.05, 4.69) is 30.5 Å². The summed E-state index contributed by atoms with van der Waals surface area (Å²) in [4.78, 5) is 31.7. The highest BCUT2D eigenvalue weighted by molar-refractivity contribution is 5.89. The molecule has 16 heteroatoms. The Hall–Kier alpha value is -5.71. The Balaban J connectivity index is 0.962. The second-order valence-electron chi connectivity index (χ2n) is 17.2. The third-order valence-corrected chi connectivity index (χ3v) is 13.3. The van der Waals surface area contributed by atoms with Crippen molar-refractivity contribution in [3.8, 4) is 28.3 Å². The average molecular weight is 854 g/mol. The topological polar surface area (TPSA) is 159 Å². The van der Waals surface area contributed by atoms with Crippen LogP contribution < -0.4 is 15.4 Å². The number of oxazole rings is 1. The van der Waals surface area contributed by atoms with Crippen molar-refractivity contribution in [1.82, 2.24) is 30.2 Å². The molecule has 4 heterocycles. The minimum atomic E-state index is -3.05. The number of nitrogens with zero attached hydrogens (tertiary/aromatic N) is 5. The van der Waals surface area contributed by atoms with E-state index in [0.29, 0.717) is 79.1 Å². The predicted molar refractivity (Wildman–Crippen MR) is 224 cm³/mol. The van der Waals surface area contributed by atoms with Crippen LogP contribution in [0.5, 0.6) is 5.75 Å². The van der Waals surface area contributed by atoms with Gasteiger partial charge in [0.2, 0.25) is 5.89 Å². The molecule has 3 aliphatic rings. The lowest BCUT2D eigenvalue weighted by atomic mass is 9.80. The van der Waals surface area contributed by atoms with Crippen molar-refractivity contribution in [3.63, 3.8) is 0 Å². The normalized spacial score (nSPS) is 21.3. The zero-order valence-corrected chi connectivity index (χ0v) is 34.4. The van der Waals surface area contributed by atoms with Crippen LogP contribution in [0.4, 0.5) is 29.1 Å². The van der Waals surface area contributed by atoms with Crippen molar-refractivity contribution >= 4 is 39.6 Å². The van der Waals surface area contributed by atoms with Gasteiger partial charge < -0.3 is 30.0 Å². The van der Waals surface area contributed by atoms with Crippen molar-refractivity contribution in [3.05, 3.63) is 88.9 Å². The summed E-state index contributed by atoms with van der Waals surface area (Å²) in [5, 5.41) is 26.4. The molecule has 0 radical (unpaired) electrons. The fraction of sp³-hybridized carbons (Fsp3) is 0.413. The van der Waals surface area contributed by atoms with Crippen molar-refractivity contribution in [2.45, 2.75) is 91.0 Å². The Labute approximate surface area is 354 Å². The van der Waals surface area contributed by atoms with E-state index < -0.39 is 30.2 Å². The SMILES string of the molecule is Cc1c(Nc2nc(C(F)F)nc3cc(CN4CCC(O)C4)cnc23)cccc1-c1cccc(-c2nc3cc(CNCCC45CCC(C(=O)O)(CC4)C5)c(OC(F)F)cc3o2)c1C. The van der Waals surface area contributed by atoms with Gasteiger partial charge in [-0.15, -0.1) is 0 Å². The molecule has 1 saturated heterocycles. The number of hydrogen-bond donors (Lipinski definition) is 4. The minimum Gasteiger partial charge on any atom is -0.481 e. The predicted octanol–water partition coefficient (Wildman–Crippen LogP) is 9.48. The van der Waals surface area contributed by atoms with Crippen LogP contribution in [0.2, 0.25) is 0 Å². The zero-order valence-electron chi connectivity index (χ0n) is 34.4. The number of fused-ring (bicyclic) bond motifs is 4. The van der Waals surface area contributed by atoms with Gasteiger partial charge in [0.15, 0.2) is 17.2 Å². The second kappa shape index (κ2) is 16.5. The summed E-state index contributed by atoms with van der Waals surface area (Å²) in [5.41, 5.74) is 6.72. The number of likely N-dealkylation sites (tertiary alicyclic amines) is 1. The van der Waals surface area contributed by atoms with Gasteiger partial charge in [0.05, 0.1) is 17.0 Å². The largest absolute Gasteiger partial charge is 0.481 e. The number of aliphatic hydroxyl groups excluding tert-OH is 1. The Kier molecular flexibility index (Phi) is 11.1. The number of aromatic nitrogens is 4. The number of halogens is 4. The number of aliphatic carboxylic acids is 1. The van der Waals surface area contributed by atoms with Gasteiger partial charge in [-0.05, 0) is 123 Å². The number of carboxylic acid groups (broad SMARTS) is 1. The number of anilines is 2. The Bertz CT molecular complexity index is 2670. The van der Waals surface area contributed by atoms with Gasteiger partial charge in [0.25, 0.3) is 6.43 Å². The number of aliphatic hydroxyl groups is 1. The summed E-state index contributed by atoms with van der Waals surface area (Å²) < 4.78 is 66.6. The van der Waals surface area contributed by atoms with Crippen LogP contribution in [-0.4, -0.2) is 73.4 Å². The van der Waals surface area contributed by atoms with Gasteiger partial charge >= 0.3 is 12.6 Å². The average Bonchev–Trinajstić information content (AvgIpc) is 4.04. The summed E-state index contributed by atoms with van der Waals surface area (Å²) in [5.74, 6) is -0.908. The molecule has 1 atom stereocenters. The maximum Gasteiger partial charge on any atom is 0.387 e. The molecule has 6 aromatic rings. The first kappa shape index (κ1) is 41.6. The maximum absolute atomic E-state index is 14.1. The lowest BCUT2D eigenvalue weighted by molar-refractivity contribution is -0.148. The molecule has 2 saturated carbocycles. The van der Waals surface area contributed by atoms with Crippen LogP contribution in [0.3, 0.4) is 0 Å². The summed E-state index contributed by atoms with van der Waals surface area (Å²) in [6.45, 7) is 3.42. The van der Waals surface area contributed by atoms with E-state index in [1.807, 2.05) is 50.2 Å². The smallest absolute Gasteiger partial charge is 0.387 e. The number of carbonyl (C=O) groups is 1. The standard InChI is InChI=1S/C46H47F4N7O5/c1-25-30(31-6-4-8-33(26(31)2)53-40-38-35(54-41(56-40)39(47)48)17-27(20-52-38)22-57-16-9-29(58)23-57)5-3-7-32(25)42-55-34-18-28(36(62-44(49)50)19-37(34)61-42)21-51-15-14-45-10-12-46(24-45,13-11-45)43(59)60/h3-8,17-20,29,39,44,51,58H,9-16,21-24H2,1-2H3,(H,59,60)(H,53,54,56). The van der Waals surface area contributed by atoms with E-state index in [1.165, 1.54) is 6.07 Å². The number of β-amino-alcohol motifs (C(OH)–C–C–N with tert-alkyl or cyclic N) is 1. The van der Waals surface area contributed by atoms with E-state index in [4.69, 9.17) is 14.1 Å². The molecular formula is C46H47F4N7O5. The van der Waals surface area contributed by atoms with Gasteiger partial charge in [-0.25, -0.2) is 23.7 Å². The van der Waals surface area contributed by atoms with Gasteiger partial charge in [0, 0.05) is 55.3 Å². The van der Waals surface area contributed by atoms with E-state index in [0.717, 1.165) is 53.6 Å². The number of benzene rings is 3. The van der Waals surface area contributed by atoms with Crippen LogP contribution in [0, 0.1) is 24.7 Å². The first-order valence-electron chi connectivity index (χ1n) is 20.9. The number of ether oxygens (including phenoxy) is 1. The molecule has 324 valence electrons. The van der Waals surface area contributed by atoms with Crippen LogP contribution >= 0.6 is 0 Å². The summed E-state index contributed by atoms with van der Waals surface area (Å²) in [6.07, 6.45) is 3.71. The quantitative estimate of drug-likeness (QED) is 0.0574. The summed E-state index contributed by atoms with van der Waals surface area (Å²) in [6, 6.07) is 16.2. The van der Waals surface area contributed by atoms with Gasteiger partial charge in [-0.3, -0.25) is 14.7 Å². The Morgan fingerprint density at radius 2 is 1.73 bits per heavy atom. The number of hydrogen-bond acceptors (Lipinski definition) is 11. The first-order valence-corrected chi connectivity index (χ1v) is 20.9. The van der Waals surface area contributed by atoms with Crippen LogP contribution in [0.15, 0.2) is 65.2 Å². The number of pyridine rings is 1. The molecule has 1 aliphatic heterocycles. The molecule has 3 aromatic heterocycles. The van der Waals surface area contributed by atoms with Crippen LogP contribution in [0.1, 0.15) is 79.4 Å². The highest BCUT2D eigenvalue weighted by Crippen LogP contribution is 2.63. The lowest BCUT2D eigenvalue weighted by Gasteiger charge is -2.26. The maximum atomic E-state index is 14.1. The van der Waals surface area contributed by atoms with E-state index in [1.54, 1.807) is 18.3 Å². The Morgan fingerprint density at radius 3 is 2.44 bits per heavy atom. The number of rotatable bonds is 15. The molecule has 9 rings (SSSR count). The number of nitrogens with one attached hydrogen (secondary N) is 2. The molecule has 2 bridgehead atoms. The molecule has 12 nitrogen and oxygen atoms in total. The first-order chi connectivity index (χ1) is 29.8. The van der Waals surface area contributed by atoms with E-state index >= 15 is 0 Å². The number of carboxylic acids is 1. The highest BCUT2D eigenvalue weighted by Gasteiger charge is 2.57. The molecule has 62 heavy (non-hydrogen) atoms. The second-order valence-corrected chi connectivity index (χ2v) is 17.2. The third-order valence-electron chi connectivity index (χ3n) is 13.3. The summed E-state index contributed by atoms with van der Waals surface area (Å²) >= 11 is 0.